The molecule has 0 amide bonds. The van der Waals surface area contributed by atoms with Crippen LogP contribution in [0.4, 0.5) is 5.82 Å². The predicted octanol–water partition coefficient (Wildman–Crippen LogP) is 1.31. The van der Waals surface area contributed by atoms with Crippen LogP contribution in [0.25, 0.3) is 10.9 Å². The topological polar surface area (TPSA) is 56.7 Å². The second-order valence-electron chi connectivity index (χ2n) is 2.52. The first-order chi connectivity index (χ1) is 5.70. The van der Waals surface area contributed by atoms with Crippen molar-refractivity contribution in [3.05, 3.63) is 16.9 Å². The molecule has 12 heavy (non-hydrogen) atoms. The molecule has 0 aromatic carbocycles. The van der Waals surface area contributed by atoms with Crippen molar-refractivity contribution in [1.82, 2.24) is 14.8 Å². The number of fused-ring (bicyclic) bond motifs is 1. The highest BCUT2D eigenvalue weighted by Gasteiger charge is 2.06. The number of hydrogen-bond donors (Lipinski definition) is 1. The third-order valence-corrected chi connectivity index (χ3v) is 2.39. The van der Waals surface area contributed by atoms with Gasteiger partial charge in [-0.25, -0.2) is 4.98 Å². The molecule has 4 nitrogen and oxygen atoms in total. The van der Waals surface area contributed by atoms with Crippen molar-refractivity contribution < 1.29 is 0 Å². The minimum Gasteiger partial charge on any atom is -0.382 e. The van der Waals surface area contributed by atoms with Crippen molar-refractivity contribution in [2.75, 3.05) is 5.73 Å². The van der Waals surface area contributed by atoms with Gasteiger partial charge in [0.15, 0.2) is 0 Å². The lowest BCUT2D eigenvalue weighted by atomic mass is 10.3. The van der Waals surface area contributed by atoms with Crippen LogP contribution in [0.3, 0.4) is 0 Å². The summed E-state index contributed by atoms with van der Waals surface area (Å²) in [5, 5.41) is 5.07. The highest BCUT2D eigenvalue weighted by Crippen LogP contribution is 2.25. The molecule has 0 aliphatic rings. The molecule has 5 heteroatoms. The van der Waals surface area contributed by atoms with Gasteiger partial charge >= 0.3 is 0 Å². The number of hydrogen-bond acceptors (Lipinski definition) is 3. The second kappa shape index (κ2) is 2.45. The highest BCUT2D eigenvalue weighted by atomic mass is 79.9. The number of halogens is 1. The van der Waals surface area contributed by atoms with Crippen molar-refractivity contribution in [3.63, 3.8) is 0 Å². The molecule has 2 aromatic rings. The maximum absolute atomic E-state index is 5.68. The van der Waals surface area contributed by atoms with E-state index in [4.69, 9.17) is 5.73 Å². The first kappa shape index (κ1) is 7.54. The Hall–Kier alpha value is -1.10. The average molecular weight is 227 g/mol. The lowest BCUT2D eigenvalue weighted by molar-refractivity contribution is 0.796. The van der Waals surface area contributed by atoms with E-state index in [0.717, 1.165) is 15.4 Å². The molecule has 0 aliphatic heterocycles. The van der Waals surface area contributed by atoms with Gasteiger partial charge in [0, 0.05) is 23.1 Å². The van der Waals surface area contributed by atoms with E-state index in [1.54, 1.807) is 17.1 Å². The Kier molecular flexibility index (Phi) is 1.54. The lowest BCUT2D eigenvalue weighted by Gasteiger charge is -1.98. The summed E-state index contributed by atoms with van der Waals surface area (Å²) in [7, 11) is 1.84. The molecule has 0 saturated carbocycles. The van der Waals surface area contributed by atoms with Crippen LogP contribution in [-0.2, 0) is 7.05 Å². The summed E-state index contributed by atoms with van der Waals surface area (Å²) >= 11 is 3.37. The molecule has 0 radical (unpaired) electrons. The van der Waals surface area contributed by atoms with Gasteiger partial charge in [-0.05, 0) is 15.9 Å². The van der Waals surface area contributed by atoms with Gasteiger partial charge < -0.3 is 5.73 Å². The van der Waals surface area contributed by atoms with Crippen LogP contribution < -0.4 is 5.73 Å². The van der Waals surface area contributed by atoms with Crippen LogP contribution in [0.5, 0.6) is 0 Å². The smallest absolute Gasteiger partial charge is 0.149 e. The van der Waals surface area contributed by atoms with Gasteiger partial charge in [-0.3, -0.25) is 4.68 Å². The van der Waals surface area contributed by atoms with Gasteiger partial charge in [0.05, 0.1) is 6.20 Å². The van der Waals surface area contributed by atoms with Crippen molar-refractivity contribution in [2.24, 2.45) is 7.05 Å². The summed E-state index contributed by atoms with van der Waals surface area (Å²) in [6.07, 6.45) is 3.44. The number of aryl methyl sites for hydroxylation is 1. The minimum absolute atomic E-state index is 0.508. The molecule has 0 fully saturated rings. The van der Waals surface area contributed by atoms with E-state index in [9.17, 15) is 0 Å². The summed E-state index contributed by atoms with van der Waals surface area (Å²) in [6.45, 7) is 0. The van der Waals surface area contributed by atoms with Crippen molar-refractivity contribution >= 4 is 32.7 Å². The molecule has 0 spiro atoms. The molecular formula is C7H7BrN4. The summed E-state index contributed by atoms with van der Waals surface area (Å²) < 4.78 is 2.63. The summed E-state index contributed by atoms with van der Waals surface area (Å²) in [5.41, 5.74) is 6.54. The minimum atomic E-state index is 0.508. The van der Waals surface area contributed by atoms with E-state index in [1.807, 2.05) is 7.05 Å². The van der Waals surface area contributed by atoms with E-state index in [-0.39, 0.29) is 0 Å². The van der Waals surface area contributed by atoms with Gasteiger partial charge in [0.25, 0.3) is 0 Å². The van der Waals surface area contributed by atoms with Gasteiger partial charge in [0.2, 0.25) is 0 Å². The number of pyridine rings is 1. The fourth-order valence-corrected chi connectivity index (χ4v) is 1.57. The second-order valence-corrected chi connectivity index (χ2v) is 3.38. The lowest BCUT2D eigenvalue weighted by Crippen LogP contribution is -1.96. The Morgan fingerprint density at radius 3 is 2.92 bits per heavy atom. The Morgan fingerprint density at radius 1 is 1.50 bits per heavy atom. The van der Waals surface area contributed by atoms with E-state index in [1.165, 1.54) is 0 Å². The van der Waals surface area contributed by atoms with Crippen LogP contribution in [-0.4, -0.2) is 14.8 Å². The Bertz CT molecular complexity index is 434. The number of nitrogens with zero attached hydrogens (tertiary/aromatic N) is 3. The maximum Gasteiger partial charge on any atom is 0.149 e. The molecular weight excluding hydrogens is 220 g/mol. The third kappa shape index (κ3) is 0.896. The molecule has 0 aliphatic carbocycles. The van der Waals surface area contributed by atoms with Crippen molar-refractivity contribution in [1.29, 1.82) is 0 Å². The molecule has 0 bridgehead atoms. The standard InChI is InChI=1S/C7H7BrN4/c1-12-6-4(2-11-12)5(8)3-10-7(6)9/h2-3H,1H3,(H2,9,10). The number of nitrogen functional groups attached to an aromatic ring is 1. The zero-order chi connectivity index (χ0) is 8.72. The van der Waals surface area contributed by atoms with Gasteiger partial charge in [-0.2, -0.15) is 5.10 Å². The first-order valence-corrected chi connectivity index (χ1v) is 4.21. The Balaban J connectivity index is 2.98. The normalized spacial score (nSPS) is 10.8. The number of nitrogens with two attached hydrogens (primary N) is 1. The molecule has 0 saturated heterocycles. The summed E-state index contributed by atoms with van der Waals surface area (Å²) in [5.74, 6) is 0.508. The molecule has 2 heterocycles. The van der Waals surface area contributed by atoms with E-state index in [2.05, 4.69) is 26.0 Å². The van der Waals surface area contributed by atoms with Crippen LogP contribution in [0.1, 0.15) is 0 Å². The zero-order valence-electron chi connectivity index (χ0n) is 6.45. The van der Waals surface area contributed by atoms with Crippen molar-refractivity contribution in [2.45, 2.75) is 0 Å². The predicted molar refractivity (Wildman–Crippen MR) is 50.6 cm³/mol. The fraction of sp³-hybridized carbons (Fsp3) is 0.143. The monoisotopic (exact) mass is 226 g/mol. The number of rotatable bonds is 0. The quantitative estimate of drug-likeness (QED) is 0.738. The van der Waals surface area contributed by atoms with Crippen LogP contribution >= 0.6 is 15.9 Å². The molecule has 2 aromatic heterocycles. The largest absolute Gasteiger partial charge is 0.382 e. The van der Waals surface area contributed by atoms with Gasteiger partial charge in [-0.1, -0.05) is 0 Å². The molecule has 2 rings (SSSR count). The van der Waals surface area contributed by atoms with E-state index in [0.29, 0.717) is 5.82 Å². The first-order valence-electron chi connectivity index (χ1n) is 3.42. The Labute approximate surface area is 77.5 Å². The maximum atomic E-state index is 5.68. The van der Waals surface area contributed by atoms with E-state index < -0.39 is 0 Å². The Morgan fingerprint density at radius 2 is 2.25 bits per heavy atom. The van der Waals surface area contributed by atoms with E-state index >= 15 is 0 Å². The molecule has 2 N–H and O–H groups in total. The zero-order valence-corrected chi connectivity index (χ0v) is 8.04. The molecule has 62 valence electrons. The summed E-state index contributed by atoms with van der Waals surface area (Å²) in [4.78, 5) is 4.01. The van der Waals surface area contributed by atoms with Gasteiger partial charge in [0.1, 0.15) is 11.3 Å². The highest BCUT2D eigenvalue weighted by molar-refractivity contribution is 9.10. The molecule has 0 unspecified atom stereocenters. The number of aromatic nitrogens is 3. The van der Waals surface area contributed by atoms with Crippen LogP contribution in [0.15, 0.2) is 16.9 Å². The van der Waals surface area contributed by atoms with Crippen LogP contribution in [0.2, 0.25) is 0 Å². The molecule has 0 atom stereocenters. The van der Waals surface area contributed by atoms with Crippen molar-refractivity contribution in [3.8, 4) is 0 Å². The third-order valence-electron chi connectivity index (χ3n) is 1.76. The summed E-state index contributed by atoms with van der Waals surface area (Å²) in [6, 6.07) is 0. The fourth-order valence-electron chi connectivity index (χ4n) is 1.17. The van der Waals surface area contributed by atoms with Crippen LogP contribution in [0, 0.1) is 0 Å². The SMILES string of the molecule is Cn1ncc2c(Br)cnc(N)c21. The average Bonchev–Trinajstić information content (AvgIpc) is 2.42. The van der Waals surface area contributed by atoms with Gasteiger partial charge in [-0.15, -0.1) is 0 Å². The number of anilines is 1.